The highest BCUT2D eigenvalue weighted by molar-refractivity contribution is 7.80. The van der Waals surface area contributed by atoms with E-state index in [1.807, 2.05) is 42.5 Å². The summed E-state index contributed by atoms with van der Waals surface area (Å²) in [5.74, 6) is -0.237. The van der Waals surface area contributed by atoms with Crippen LogP contribution < -0.4 is 10.2 Å². The fourth-order valence-electron chi connectivity index (χ4n) is 5.01. The van der Waals surface area contributed by atoms with Crippen molar-refractivity contribution in [1.82, 2.24) is 14.9 Å². The van der Waals surface area contributed by atoms with E-state index >= 15 is 0 Å². The Bertz CT molecular complexity index is 1430. The zero-order valence-corrected chi connectivity index (χ0v) is 21.6. The van der Waals surface area contributed by atoms with Gasteiger partial charge in [0.2, 0.25) is 0 Å². The van der Waals surface area contributed by atoms with Crippen molar-refractivity contribution in [2.24, 2.45) is 0 Å². The predicted octanol–water partition coefficient (Wildman–Crippen LogP) is 7.08. The van der Waals surface area contributed by atoms with Gasteiger partial charge >= 0.3 is 0 Å². The number of anilines is 1. The minimum absolute atomic E-state index is 0.177. The second kappa shape index (κ2) is 9.10. The van der Waals surface area contributed by atoms with E-state index in [1.165, 1.54) is 6.07 Å². The van der Waals surface area contributed by atoms with Crippen molar-refractivity contribution in [2.75, 3.05) is 4.90 Å². The van der Waals surface area contributed by atoms with Crippen LogP contribution in [0.2, 0.25) is 5.02 Å². The smallest absolute Gasteiger partial charge is 0.174 e. The van der Waals surface area contributed by atoms with Gasteiger partial charge in [0, 0.05) is 34.0 Å². The van der Waals surface area contributed by atoms with Gasteiger partial charge in [-0.15, -0.1) is 0 Å². The molecule has 0 spiro atoms. The van der Waals surface area contributed by atoms with Gasteiger partial charge in [-0.2, -0.15) is 0 Å². The largest absolute Gasteiger partial charge is 0.351 e. The van der Waals surface area contributed by atoms with Crippen molar-refractivity contribution < 1.29 is 4.39 Å². The van der Waals surface area contributed by atoms with Crippen LogP contribution in [0.15, 0.2) is 66.9 Å². The third-order valence-corrected chi connectivity index (χ3v) is 7.27. The molecule has 2 atom stereocenters. The fraction of sp³-hybridized carbons (Fsp3) is 0.214. The molecule has 1 aliphatic rings. The molecule has 0 amide bonds. The molecule has 0 saturated carbocycles. The molecule has 178 valence electrons. The van der Waals surface area contributed by atoms with Crippen LogP contribution in [0.5, 0.6) is 0 Å². The van der Waals surface area contributed by atoms with Crippen molar-refractivity contribution >= 4 is 34.6 Å². The first-order valence-electron chi connectivity index (χ1n) is 11.5. The maximum atomic E-state index is 14.1. The average Bonchev–Trinajstić information content (AvgIpc) is 3.33. The number of nitrogens with one attached hydrogen (secondary N) is 1. The maximum absolute atomic E-state index is 14.1. The number of hydrogen-bond acceptors (Lipinski definition) is 2. The van der Waals surface area contributed by atoms with Crippen LogP contribution in [0.1, 0.15) is 45.9 Å². The molecule has 0 unspecified atom stereocenters. The van der Waals surface area contributed by atoms with Crippen LogP contribution in [0.3, 0.4) is 0 Å². The molecule has 2 aromatic heterocycles. The Hall–Kier alpha value is -3.22. The van der Waals surface area contributed by atoms with E-state index in [0.717, 1.165) is 39.6 Å². The van der Waals surface area contributed by atoms with Crippen LogP contribution in [-0.4, -0.2) is 14.7 Å². The summed E-state index contributed by atoms with van der Waals surface area (Å²) >= 11 is 12.2. The number of pyridine rings is 1. The molecule has 1 N–H and O–H groups in total. The summed E-state index contributed by atoms with van der Waals surface area (Å²) in [7, 11) is 0. The fourth-order valence-corrected chi connectivity index (χ4v) is 5.52. The van der Waals surface area contributed by atoms with E-state index in [0.29, 0.717) is 15.7 Å². The molecule has 1 aliphatic heterocycles. The van der Waals surface area contributed by atoms with E-state index in [1.54, 1.807) is 19.2 Å². The molecule has 1 fully saturated rings. The van der Waals surface area contributed by atoms with E-state index < -0.39 is 0 Å². The molecule has 0 aliphatic carbocycles. The Morgan fingerprint density at radius 3 is 2.49 bits per heavy atom. The lowest BCUT2D eigenvalue weighted by Crippen LogP contribution is -2.29. The van der Waals surface area contributed by atoms with Gasteiger partial charge in [0.15, 0.2) is 5.11 Å². The van der Waals surface area contributed by atoms with Gasteiger partial charge in [0.05, 0.1) is 17.8 Å². The van der Waals surface area contributed by atoms with E-state index in [-0.39, 0.29) is 17.9 Å². The van der Waals surface area contributed by atoms with Crippen LogP contribution in [0.25, 0.3) is 5.69 Å². The minimum Gasteiger partial charge on any atom is -0.351 e. The van der Waals surface area contributed by atoms with Crippen molar-refractivity contribution in [2.45, 2.75) is 39.8 Å². The van der Waals surface area contributed by atoms with Gasteiger partial charge in [-0.25, -0.2) is 4.39 Å². The highest BCUT2D eigenvalue weighted by Crippen LogP contribution is 2.44. The van der Waals surface area contributed by atoms with Gasteiger partial charge in [0.1, 0.15) is 5.82 Å². The summed E-state index contributed by atoms with van der Waals surface area (Å²) in [4.78, 5) is 6.72. The maximum Gasteiger partial charge on any atom is 0.174 e. The van der Waals surface area contributed by atoms with Crippen LogP contribution in [0.4, 0.5) is 10.1 Å². The number of benzene rings is 2. The standard InChI is InChI=1S/C28H26ClFN4S/c1-16-8-9-20(29)15-25(16)33-18(3)14-22(19(33)4)27-26(24-7-5-6-12-31-24)32-28(35)34(27)21-10-11-23(30)17(2)13-21/h5-15,26-27H,1-4H3,(H,32,35)/t26-,27-/m0/s1. The first-order valence-corrected chi connectivity index (χ1v) is 12.3. The van der Waals surface area contributed by atoms with E-state index in [2.05, 4.69) is 46.6 Å². The Labute approximate surface area is 215 Å². The lowest BCUT2D eigenvalue weighted by Gasteiger charge is -2.28. The molecule has 1 saturated heterocycles. The Morgan fingerprint density at radius 2 is 1.77 bits per heavy atom. The van der Waals surface area contributed by atoms with Gasteiger partial charge in [-0.3, -0.25) is 4.98 Å². The van der Waals surface area contributed by atoms with Crippen molar-refractivity contribution in [1.29, 1.82) is 0 Å². The third kappa shape index (κ3) is 4.11. The second-order valence-electron chi connectivity index (χ2n) is 9.02. The summed E-state index contributed by atoms with van der Waals surface area (Å²) in [5, 5.41) is 4.76. The zero-order valence-electron chi connectivity index (χ0n) is 20.0. The van der Waals surface area contributed by atoms with E-state index in [4.69, 9.17) is 23.8 Å². The lowest BCUT2D eigenvalue weighted by molar-refractivity contribution is 0.564. The highest BCUT2D eigenvalue weighted by Gasteiger charge is 2.42. The quantitative estimate of drug-likeness (QED) is 0.301. The Kier molecular flexibility index (Phi) is 6.11. The Morgan fingerprint density at radius 1 is 0.971 bits per heavy atom. The SMILES string of the molecule is Cc1cc(N2C(=S)N[C@@H](c3ccccn3)[C@@H]2c2cc(C)n(-c3cc(Cl)ccc3C)c2C)ccc1F. The van der Waals surface area contributed by atoms with Gasteiger partial charge < -0.3 is 14.8 Å². The summed E-state index contributed by atoms with van der Waals surface area (Å²) in [6, 6.07) is 18.8. The molecule has 2 aromatic carbocycles. The first-order chi connectivity index (χ1) is 16.8. The number of aromatic nitrogens is 2. The molecule has 4 nitrogen and oxygen atoms in total. The lowest BCUT2D eigenvalue weighted by atomic mass is 9.96. The molecule has 0 radical (unpaired) electrons. The van der Waals surface area contributed by atoms with Gasteiger partial charge in [-0.05, 0) is 105 Å². The van der Waals surface area contributed by atoms with Gasteiger partial charge in [-0.1, -0.05) is 23.7 Å². The molecule has 5 rings (SSSR count). The molecule has 4 aromatic rings. The van der Waals surface area contributed by atoms with Crippen LogP contribution in [0, 0.1) is 33.5 Å². The summed E-state index contributed by atoms with van der Waals surface area (Å²) in [5.41, 5.74) is 7.79. The summed E-state index contributed by atoms with van der Waals surface area (Å²) in [6.07, 6.45) is 1.79. The Balaban J connectivity index is 1.71. The minimum atomic E-state index is -0.237. The number of halogens is 2. The van der Waals surface area contributed by atoms with Gasteiger partial charge in [0.25, 0.3) is 0 Å². The third-order valence-electron chi connectivity index (χ3n) is 6.72. The molecule has 7 heteroatoms. The second-order valence-corrected chi connectivity index (χ2v) is 9.85. The predicted molar refractivity (Wildman–Crippen MR) is 144 cm³/mol. The van der Waals surface area contributed by atoms with Crippen LogP contribution >= 0.6 is 23.8 Å². The summed E-state index contributed by atoms with van der Waals surface area (Å²) < 4.78 is 16.4. The topological polar surface area (TPSA) is 33.1 Å². The highest BCUT2D eigenvalue weighted by atomic mass is 35.5. The number of thiocarbonyl (C=S) groups is 1. The van der Waals surface area contributed by atoms with Crippen molar-refractivity contribution in [3.8, 4) is 5.69 Å². The normalized spacial score (nSPS) is 17.7. The average molecular weight is 505 g/mol. The van der Waals surface area contributed by atoms with Crippen molar-refractivity contribution in [3.05, 3.63) is 111 Å². The molecular formula is C28H26ClFN4S. The first kappa shape index (κ1) is 23.5. The summed E-state index contributed by atoms with van der Waals surface area (Å²) in [6.45, 7) is 8.07. The van der Waals surface area contributed by atoms with Crippen molar-refractivity contribution in [3.63, 3.8) is 0 Å². The monoisotopic (exact) mass is 504 g/mol. The molecule has 35 heavy (non-hydrogen) atoms. The number of hydrogen-bond donors (Lipinski definition) is 1. The molecule has 3 heterocycles. The number of aryl methyl sites for hydroxylation is 3. The number of nitrogens with zero attached hydrogens (tertiary/aromatic N) is 3. The van der Waals surface area contributed by atoms with E-state index in [9.17, 15) is 4.39 Å². The van der Waals surface area contributed by atoms with Crippen LogP contribution in [-0.2, 0) is 0 Å². The molecule has 0 bridgehead atoms. The molecular weight excluding hydrogens is 479 g/mol. The number of rotatable bonds is 4. The zero-order chi connectivity index (χ0) is 24.9.